The van der Waals surface area contributed by atoms with Crippen molar-refractivity contribution in [3.05, 3.63) is 0 Å². The molecule has 0 aromatic rings. The lowest BCUT2D eigenvalue weighted by atomic mass is 9.89. The van der Waals surface area contributed by atoms with Crippen molar-refractivity contribution < 1.29 is 9.90 Å². The van der Waals surface area contributed by atoms with Gasteiger partial charge in [-0.05, 0) is 12.8 Å². The average molecular weight is 157 g/mol. The molecule has 1 aliphatic carbocycles. The van der Waals surface area contributed by atoms with Gasteiger partial charge in [-0.3, -0.25) is 4.79 Å². The van der Waals surface area contributed by atoms with Crippen molar-refractivity contribution in [3.63, 3.8) is 0 Å². The zero-order chi connectivity index (χ0) is 8.43. The Morgan fingerprint density at radius 3 is 2.45 bits per heavy atom. The summed E-state index contributed by atoms with van der Waals surface area (Å²) in [5.74, 6) is 0.0524. The zero-order valence-corrected chi connectivity index (χ0v) is 7.00. The van der Waals surface area contributed by atoms with Crippen molar-refractivity contribution in [2.45, 2.75) is 38.8 Å². The van der Waals surface area contributed by atoms with Gasteiger partial charge in [0.25, 0.3) is 0 Å². The summed E-state index contributed by atoms with van der Waals surface area (Å²) in [4.78, 5) is 11.1. The molecule has 1 aliphatic rings. The monoisotopic (exact) mass is 157 g/mol. The molecule has 1 rings (SSSR count). The third kappa shape index (κ3) is 1.93. The molecule has 1 fully saturated rings. The number of rotatable bonds is 2. The quantitative estimate of drug-likeness (QED) is 0.605. The first-order valence-corrected chi connectivity index (χ1v) is 4.09. The van der Waals surface area contributed by atoms with Crippen molar-refractivity contribution in [2.75, 3.05) is 0 Å². The highest BCUT2D eigenvalue weighted by molar-refractivity contribution is 5.78. The molecular formula is C8H15NO2. The molecule has 64 valence electrons. The Balaban J connectivity index is 2.25. The van der Waals surface area contributed by atoms with E-state index in [1.54, 1.807) is 0 Å². The first-order chi connectivity index (χ1) is 5.11. The summed E-state index contributed by atoms with van der Waals surface area (Å²) in [5, 5.41) is 11.9. The van der Waals surface area contributed by atoms with Crippen LogP contribution in [0.4, 0.5) is 0 Å². The Bertz CT molecular complexity index is 156. The summed E-state index contributed by atoms with van der Waals surface area (Å²) in [6, 6.07) is 0.0184. The average Bonchev–Trinajstić information content (AvgIpc) is 1.96. The molecule has 0 saturated heterocycles. The topological polar surface area (TPSA) is 49.3 Å². The van der Waals surface area contributed by atoms with Gasteiger partial charge in [-0.1, -0.05) is 13.8 Å². The molecule has 1 amide bonds. The van der Waals surface area contributed by atoms with Crippen LogP contribution in [0.3, 0.4) is 0 Å². The minimum absolute atomic E-state index is 0.0165. The molecule has 0 unspecified atom stereocenters. The Morgan fingerprint density at radius 1 is 1.55 bits per heavy atom. The van der Waals surface area contributed by atoms with Crippen molar-refractivity contribution in [2.24, 2.45) is 5.92 Å². The highest BCUT2D eigenvalue weighted by atomic mass is 16.3. The standard InChI is InChI=1S/C8H15NO2/c1-5(2)8(11)9-6-3-4-7(6)10/h5-7,10H,3-4H2,1-2H3,(H,9,11)/t6-,7+/m0/s1. The maximum absolute atomic E-state index is 11.1. The number of hydrogen-bond acceptors (Lipinski definition) is 2. The van der Waals surface area contributed by atoms with Crippen molar-refractivity contribution in [1.29, 1.82) is 0 Å². The molecule has 2 atom stereocenters. The Hall–Kier alpha value is -0.570. The third-order valence-corrected chi connectivity index (χ3v) is 2.09. The maximum Gasteiger partial charge on any atom is 0.222 e. The van der Waals surface area contributed by atoms with Crippen LogP contribution in [0.5, 0.6) is 0 Å². The molecule has 2 N–H and O–H groups in total. The molecule has 3 nitrogen and oxygen atoms in total. The van der Waals surface area contributed by atoms with E-state index in [-0.39, 0.29) is 24.0 Å². The number of aliphatic hydroxyl groups is 1. The van der Waals surface area contributed by atoms with Crippen LogP contribution < -0.4 is 5.32 Å². The first kappa shape index (κ1) is 8.53. The van der Waals surface area contributed by atoms with E-state index in [9.17, 15) is 4.79 Å². The number of amides is 1. The fourth-order valence-electron chi connectivity index (χ4n) is 1.00. The molecule has 11 heavy (non-hydrogen) atoms. The van der Waals surface area contributed by atoms with Gasteiger partial charge in [0.1, 0.15) is 0 Å². The van der Waals surface area contributed by atoms with E-state index in [2.05, 4.69) is 5.32 Å². The lowest BCUT2D eigenvalue weighted by molar-refractivity contribution is -0.126. The van der Waals surface area contributed by atoms with Crippen LogP contribution in [-0.4, -0.2) is 23.2 Å². The van der Waals surface area contributed by atoms with Gasteiger partial charge >= 0.3 is 0 Å². The summed E-state index contributed by atoms with van der Waals surface area (Å²) in [6.45, 7) is 3.70. The van der Waals surface area contributed by atoms with Gasteiger partial charge in [0.05, 0.1) is 12.1 Å². The van der Waals surface area contributed by atoms with Gasteiger partial charge in [-0.2, -0.15) is 0 Å². The van der Waals surface area contributed by atoms with Crippen molar-refractivity contribution in [3.8, 4) is 0 Å². The minimum atomic E-state index is -0.308. The van der Waals surface area contributed by atoms with Gasteiger partial charge in [-0.15, -0.1) is 0 Å². The van der Waals surface area contributed by atoms with Gasteiger partial charge in [0, 0.05) is 5.92 Å². The van der Waals surface area contributed by atoms with E-state index in [4.69, 9.17) is 5.11 Å². The molecule has 0 aromatic heterocycles. The lowest BCUT2D eigenvalue weighted by Gasteiger charge is -2.33. The molecule has 0 bridgehead atoms. The molecule has 3 heteroatoms. The molecule has 0 spiro atoms. The number of aliphatic hydroxyl groups excluding tert-OH is 1. The second kappa shape index (κ2) is 3.22. The number of nitrogens with one attached hydrogen (secondary N) is 1. The van der Waals surface area contributed by atoms with E-state index in [1.165, 1.54) is 0 Å². The van der Waals surface area contributed by atoms with Crippen molar-refractivity contribution >= 4 is 5.91 Å². The number of carbonyl (C=O) groups excluding carboxylic acids is 1. The van der Waals surface area contributed by atoms with E-state index in [0.717, 1.165) is 12.8 Å². The molecule has 0 heterocycles. The summed E-state index contributed by atoms with van der Waals surface area (Å²) < 4.78 is 0. The highest BCUT2D eigenvalue weighted by Gasteiger charge is 2.30. The minimum Gasteiger partial charge on any atom is -0.391 e. The van der Waals surface area contributed by atoms with Crippen LogP contribution in [0.2, 0.25) is 0 Å². The fraction of sp³-hybridized carbons (Fsp3) is 0.875. The van der Waals surface area contributed by atoms with E-state index in [1.807, 2.05) is 13.8 Å². The van der Waals surface area contributed by atoms with Gasteiger partial charge in [0.15, 0.2) is 0 Å². The van der Waals surface area contributed by atoms with Crippen molar-refractivity contribution in [1.82, 2.24) is 5.32 Å². The van der Waals surface area contributed by atoms with Crippen LogP contribution in [0, 0.1) is 5.92 Å². The Labute approximate surface area is 66.8 Å². The Kier molecular flexibility index (Phi) is 2.49. The summed E-state index contributed by atoms with van der Waals surface area (Å²) in [7, 11) is 0. The van der Waals surface area contributed by atoms with Crippen LogP contribution in [0.25, 0.3) is 0 Å². The Morgan fingerprint density at radius 2 is 2.18 bits per heavy atom. The normalized spacial score (nSPS) is 29.8. The molecule has 0 radical (unpaired) electrons. The predicted molar refractivity (Wildman–Crippen MR) is 42.0 cm³/mol. The smallest absolute Gasteiger partial charge is 0.222 e. The molecular weight excluding hydrogens is 142 g/mol. The number of hydrogen-bond donors (Lipinski definition) is 2. The second-order valence-electron chi connectivity index (χ2n) is 3.41. The zero-order valence-electron chi connectivity index (χ0n) is 7.00. The highest BCUT2D eigenvalue weighted by Crippen LogP contribution is 2.19. The number of carbonyl (C=O) groups is 1. The summed E-state index contributed by atoms with van der Waals surface area (Å²) in [5.41, 5.74) is 0. The predicted octanol–water partition coefficient (Wildman–Crippen LogP) is 0.282. The van der Waals surface area contributed by atoms with Gasteiger partial charge in [-0.25, -0.2) is 0 Å². The van der Waals surface area contributed by atoms with E-state index in [0.29, 0.717) is 0 Å². The van der Waals surface area contributed by atoms with Crippen LogP contribution in [-0.2, 0) is 4.79 Å². The van der Waals surface area contributed by atoms with Crippen LogP contribution in [0.15, 0.2) is 0 Å². The summed E-state index contributed by atoms with van der Waals surface area (Å²) >= 11 is 0. The SMILES string of the molecule is CC(C)C(=O)N[C@H]1CC[C@H]1O. The van der Waals surface area contributed by atoms with Gasteiger partial charge < -0.3 is 10.4 Å². The lowest BCUT2D eigenvalue weighted by Crippen LogP contribution is -2.51. The molecule has 1 saturated carbocycles. The molecule has 0 aliphatic heterocycles. The largest absolute Gasteiger partial charge is 0.391 e. The van der Waals surface area contributed by atoms with Crippen LogP contribution >= 0.6 is 0 Å². The third-order valence-electron chi connectivity index (χ3n) is 2.09. The maximum atomic E-state index is 11.1. The fourth-order valence-corrected chi connectivity index (χ4v) is 1.00. The van der Waals surface area contributed by atoms with Crippen LogP contribution in [0.1, 0.15) is 26.7 Å². The van der Waals surface area contributed by atoms with E-state index >= 15 is 0 Å². The summed E-state index contributed by atoms with van der Waals surface area (Å²) in [6.07, 6.45) is 1.43. The molecule has 0 aromatic carbocycles. The van der Waals surface area contributed by atoms with Gasteiger partial charge in [0.2, 0.25) is 5.91 Å². The first-order valence-electron chi connectivity index (χ1n) is 4.09. The second-order valence-corrected chi connectivity index (χ2v) is 3.41. The van der Waals surface area contributed by atoms with E-state index < -0.39 is 0 Å².